The Morgan fingerprint density at radius 2 is 1.79 bits per heavy atom. The molecule has 1 N–H and O–H groups in total. The summed E-state index contributed by atoms with van der Waals surface area (Å²) in [4.78, 5) is 43.4. The lowest BCUT2D eigenvalue weighted by Gasteiger charge is -2.37. The zero-order chi connectivity index (χ0) is 21.6. The maximum absolute atomic E-state index is 12.7. The maximum Gasteiger partial charge on any atom is 0.242 e. The Kier molecular flexibility index (Phi) is 8.93. The molecule has 29 heavy (non-hydrogen) atoms. The van der Waals surface area contributed by atoms with E-state index in [9.17, 15) is 14.4 Å². The molecule has 7 nitrogen and oxygen atoms in total. The first-order valence-corrected chi connectivity index (χ1v) is 11.3. The fourth-order valence-corrected chi connectivity index (χ4v) is 4.45. The third kappa shape index (κ3) is 6.69. The molecule has 2 rings (SSSR count). The van der Waals surface area contributed by atoms with Gasteiger partial charge in [-0.2, -0.15) is 0 Å². The molecule has 0 aromatic rings. The monoisotopic (exact) mass is 408 g/mol. The van der Waals surface area contributed by atoms with Crippen LogP contribution in [0.3, 0.4) is 0 Å². The number of likely N-dealkylation sites (tertiary alicyclic amines) is 1. The standard InChI is InChI=1S/C22H40N4O3/c1-6-26(17(4)5)20(27)14-18-7-10-24(11-8-18)21(28)15-25-12-9-23-19(22(25)29)13-16(2)3/h16-19,23H,6-15H2,1-5H3. The van der Waals surface area contributed by atoms with Crippen LogP contribution in [0.4, 0.5) is 0 Å². The van der Waals surface area contributed by atoms with Crippen LogP contribution in [0.2, 0.25) is 0 Å². The average molecular weight is 409 g/mol. The molecule has 0 aromatic carbocycles. The maximum atomic E-state index is 12.7. The topological polar surface area (TPSA) is 73.0 Å². The van der Waals surface area contributed by atoms with Crippen LogP contribution in [0.15, 0.2) is 0 Å². The first-order chi connectivity index (χ1) is 13.7. The van der Waals surface area contributed by atoms with E-state index >= 15 is 0 Å². The van der Waals surface area contributed by atoms with Crippen LogP contribution in [0, 0.1) is 11.8 Å². The van der Waals surface area contributed by atoms with E-state index in [1.807, 2.05) is 30.6 Å². The third-order valence-corrected chi connectivity index (χ3v) is 6.13. The van der Waals surface area contributed by atoms with E-state index in [1.165, 1.54) is 0 Å². The molecule has 0 saturated carbocycles. The van der Waals surface area contributed by atoms with Gasteiger partial charge in [0.25, 0.3) is 0 Å². The van der Waals surface area contributed by atoms with Gasteiger partial charge in [0.05, 0.1) is 12.6 Å². The quantitative estimate of drug-likeness (QED) is 0.664. The van der Waals surface area contributed by atoms with Crippen molar-refractivity contribution in [2.45, 2.75) is 72.4 Å². The van der Waals surface area contributed by atoms with Gasteiger partial charge >= 0.3 is 0 Å². The van der Waals surface area contributed by atoms with Gasteiger partial charge in [0, 0.05) is 45.2 Å². The number of nitrogens with zero attached hydrogens (tertiary/aromatic N) is 3. The second-order valence-electron chi connectivity index (χ2n) is 9.20. The summed E-state index contributed by atoms with van der Waals surface area (Å²) in [5.74, 6) is 1.08. The SMILES string of the molecule is CCN(C(=O)CC1CCN(C(=O)CN2CCNC(CC(C)C)C2=O)CC1)C(C)C. The molecule has 1 atom stereocenters. The van der Waals surface area contributed by atoms with E-state index < -0.39 is 0 Å². The highest BCUT2D eigenvalue weighted by molar-refractivity contribution is 5.88. The third-order valence-electron chi connectivity index (χ3n) is 6.13. The highest BCUT2D eigenvalue weighted by atomic mass is 16.2. The Hall–Kier alpha value is -1.63. The van der Waals surface area contributed by atoms with Crippen molar-refractivity contribution in [1.82, 2.24) is 20.0 Å². The van der Waals surface area contributed by atoms with Crippen LogP contribution in [0.5, 0.6) is 0 Å². The van der Waals surface area contributed by atoms with Gasteiger partial charge in [0.1, 0.15) is 0 Å². The van der Waals surface area contributed by atoms with E-state index in [4.69, 9.17) is 0 Å². The van der Waals surface area contributed by atoms with Gasteiger partial charge in [-0.25, -0.2) is 0 Å². The summed E-state index contributed by atoms with van der Waals surface area (Å²) in [5.41, 5.74) is 0. The van der Waals surface area contributed by atoms with Gasteiger partial charge in [-0.05, 0) is 51.9 Å². The number of piperidine rings is 1. The van der Waals surface area contributed by atoms with E-state index in [-0.39, 0.29) is 36.3 Å². The molecule has 0 aromatic heterocycles. The van der Waals surface area contributed by atoms with E-state index in [2.05, 4.69) is 19.2 Å². The Labute approximate surface area is 176 Å². The Morgan fingerprint density at radius 3 is 2.34 bits per heavy atom. The van der Waals surface area contributed by atoms with Crippen molar-refractivity contribution >= 4 is 17.7 Å². The number of hydrogen-bond donors (Lipinski definition) is 1. The number of rotatable bonds is 8. The second kappa shape index (κ2) is 11.0. The molecule has 2 heterocycles. The van der Waals surface area contributed by atoms with Crippen molar-refractivity contribution in [3.05, 3.63) is 0 Å². The number of nitrogens with one attached hydrogen (secondary N) is 1. The zero-order valence-corrected chi connectivity index (χ0v) is 18.9. The van der Waals surface area contributed by atoms with Gasteiger partial charge in [0.2, 0.25) is 17.7 Å². The van der Waals surface area contributed by atoms with Gasteiger partial charge in [-0.3, -0.25) is 14.4 Å². The predicted molar refractivity (Wildman–Crippen MR) is 114 cm³/mol. The molecule has 0 spiro atoms. The molecular weight excluding hydrogens is 368 g/mol. The number of piperazine rings is 1. The van der Waals surface area contributed by atoms with E-state index in [1.54, 1.807) is 4.90 Å². The highest BCUT2D eigenvalue weighted by Gasteiger charge is 2.32. The molecule has 166 valence electrons. The van der Waals surface area contributed by atoms with Crippen LogP contribution >= 0.6 is 0 Å². The fraction of sp³-hybridized carbons (Fsp3) is 0.864. The van der Waals surface area contributed by atoms with Gasteiger partial charge in [-0.15, -0.1) is 0 Å². The zero-order valence-electron chi connectivity index (χ0n) is 18.9. The minimum absolute atomic E-state index is 0.0330. The van der Waals surface area contributed by atoms with Crippen molar-refractivity contribution in [1.29, 1.82) is 0 Å². The molecule has 2 aliphatic rings. The molecule has 0 radical (unpaired) electrons. The Bertz CT molecular complexity index is 570. The highest BCUT2D eigenvalue weighted by Crippen LogP contribution is 2.22. The smallest absolute Gasteiger partial charge is 0.242 e. The number of hydrogen-bond acceptors (Lipinski definition) is 4. The first-order valence-electron chi connectivity index (χ1n) is 11.3. The van der Waals surface area contributed by atoms with Crippen LogP contribution < -0.4 is 5.32 Å². The predicted octanol–water partition coefficient (Wildman–Crippen LogP) is 1.72. The molecule has 2 saturated heterocycles. The molecule has 3 amide bonds. The van der Waals surface area contributed by atoms with Crippen LogP contribution in [-0.2, 0) is 14.4 Å². The van der Waals surface area contributed by atoms with E-state index in [0.717, 1.165) is 32.4 Å². The Morgan fingerprint density at radius 1 is 1.14 bits per heavy atom. The summed E-state index contributed by atoms with van der Waals surface area (Å²) >= 11 is 0. The fourth-order valence-electron chi connectivity index (χ4n) is 4.45. The summed E-state index contributed by atoms with van der Waals surface area (Å²) in [6.45, 7) is 13.9. The van der Waals surface area contributed by atoms with Crippen LogP contribution in [-0.4, -0.2) is 83.8 Å². The minimum atomic E-state index is -0.171. The minimum Gasteiger partial charge on any atom is -0.341 e. The van der Waals surface area contributed by atoms with Gasteiger partial charge in [-0.1, -0.05) is 13.8 Å². The molecular formula is C22H40N4O3. The Balaban J connectivity index is 1.79. The summed E-state index contributed by atoms with van der Waals surface area (Å²) in [5, 5.41) is 3.28. The molecule has 0 aliphatic carbocycles. The van der Waals surface area contributed by atoms with Crippen molar-refractivity contribution in [3.63, 3.8) is 0 Å². The molecule has 1 unspecified atom stereocenters. The molecule has 0 bridgehead atoms. The number of carbonyl (C=O) groups is 3. The van der Waals surface area contributed by atoms with Gasteiger partial charge in [0.15, 0.2) is 0 Å². The second-order valence-corrected chi connectivity index (χ2v) is 9.20. The molecule has 2 fully saturated rings. The van der Waals surface area contributed by atoms with Crippen molar-refractivity contribution in [3.8, 4) is 0 Å². The van der Waals surface area contributed by atoms with Crippen molar-refractivity contribution in [2.24, 2.45) is 11.8 Å². The van der Waals surface area contributed by atoms with Crippen molar-refractivity contribution in [2.75, 3.05) is 39.3 Å². The lowest BCUT2D eigenvalue weighted by atomic mass is 9.92. The van der Waals surface area contributed by atoms with Crippen molar-refractivity contribution < 1.29 is 14.4 Å². The molecule has 2 aliphatic heterocycles. The number of carbonyl (C=O) groups excluding carboxylic acids is 3. The summed E-state index contributed by atoms with van der Waals surface area (Å²) in [6, 6.07) is 0.0565. The number of amides is 3. The lowest BCUT2D eigenvalue weighted by Crippen LogP contribution is -2.57. The van der Waals surface area contributed by atoms with Crippen LogP contribution in [0.25, 0.3) is 0 Å². The van der Waals surface area contributed by atoms with Crippen LogP contribution in [0.1, 0.15) is 60.3 Å². The van der Waals surface area contributed by atoms with Gasteiger partial charge < -0.3 is 20.0 Å². The normalized spacial score (nSPS) is 21.2. The summed E-state index contributed by atoms with van der Waals surface area (Å²) in [6.07, 6.45) is 3.09. The summed E-state index contributed by atoms with van der Waals surface area (Å²) < 4.78 is 0. The first kappa shape index (κ1) is 23.6. The van der Waals surface area contributed by atoms with E-state index in [0.29, 0.717) is 37.9 Å². The largest absolute Gasteiger partial charge is 0.341 e. The average Bonchev–Trinajstić information content (AvgIpc) is 2.65. The summed E-state index contributed by atoms with van der Waals surface area (Å²) in [7, 11) is 0. The lowest BCUT2D eigenvalue weighted by molar-refractivity contribution is -0.144. The molecule has 7 heteroatoms.